The molecule has 0 atom stereocenters. The van der Waals surface area contributed by atoms with Gasteiger partial charge in [0.1, 0.15) is 6.54 Å². The first-order valence-corrected chi connectivity index (χ1v) is 5.55. The Bertz CT molecular complexity index is 310. The van der Waals surface area contributed by atoms with Crippen LogP contribution in [0.2, 0.25) is 0 Å². The molecule has 6 nitrogen and oxygen atoms in total. The van der Waals surface area contributed by atoms with Gasteiger partial charge in [-0.25, -0.2) is 4.79 Å². The highest BCUT2D eigenvalue weighted by molar-refractivity contribution is 5.82. The maximum absolute atomic E-state index is 11.6. The Hall–Kier alpha value is -1.30. The second kappa shape index (κ2) is 3.93. The van der Waals surface area contributed by atoms with Crippen LogP contribution in [0.25, 0.3) is 0 Å². The van der Waals surface area contributed by atoms with Crippen LogP contribution < -0.4 is 11.1 Å². The molecular weight excluding hydrogens is 210 g/mol. The van der Waals surface area contributed by atoms with Gasteiger partial charge in [0.05, 0.1) is 5.54 Å². The van der Waals surface area contributed by atoms with Crippen molar-refractivity contribution in [2.75, 3.05) is 13.1 Å². The maximum atomic E-state index is 11.6. The maximum Gasteiger partial charge on any atom is 0.323 e. The number of aliphatic carboxylic acids is 1. The molecule has 0 aromatic heterocycles. The van der Waals surface area contributed by atoms with E-state index in [4.69, 9.17) is 10.8 Å². The number of carboxylic acids is 1. The molecule has 16 heavy (non-hydrogen) atoms. The molecule has 2 amide bonds. The number of urea groups is 1. The Morgan fingerprint density at radius 2 is 2.19 bits per heavy atom. The third-order valence-electron chi connectivity index (χ3n) is 3.47. The standard InChI is InChI=1S/C10H17N3O3/c11-7-1-3-10(4-2-7)6-13(5-8(14)15)9(16)12-10/h7H,1-6,11H2,(H,12,16)(H,14,15). The Labute approximate surface area is 93.8 Å². The summed E-state index contributed by atoms with van der Waals surface area (Å²) in [5.74, 6) is -0.972. The summed E-state index contributed by atoms with van der Waals surface area (Å²) in [6, 6.07) is -0.0473. The molecule has 90 valence electrons. The summed E-state index contributed by atoms with van der Waals surface area (Å²) in [6.45, 7) is 0.268. The lowest BCUT2D eigenvalue weighted by atomic mass is 9.80. The first-order chi connectivity index (χ1) is 7.51. The van der Waals surface area contributed by atoms with Gasteiger partial charge in [-0.2, -0.15) is 0 Å². The van der Waals surface area contributed by atoms with E-state index in [1.807, 2.05) is 0 Å². The number of nitrogens with zero attached hydrogens (tertiary/aromatic N) is 1. The topological polar surface area (TPSA) is 95.7 Å². The number of nitrogens with two attached hydrogens (primary N) is 1. The summed E-state index contributed by atoms with van der Waals surface area (Å²) in [7, 11) is 0. The summed E-state index contributed by atoms with van der Waals surface area (Å²) in [5, 5.41) is 11.6. The average Bonchev–Trinajstić information content (AvgIpc) is 2.49. The van der Waals surface area contributed by atoms with E-state index >= 15 is 0 Å². The van der Waals surface area contributed by atoms with E-state index in [2.05, 4.69) is 5.32 Å². The van der Waals surface area contributed by atoms with Gasteiger partial charge < -0.3 is 21.1 Å². The van der Waals surface area contributed by atoms with Crippen molar-refractivity contribution in [1.82, 2.24) is 10.2 Å². The molecule has 0 unspecified atom stereocenters. The van der Waals surface area contributed by atoms with Crippen LogP contribution in [0.15, 0.2) is 0 Å². The minimum absolute atomic E-state index is 0.219. The van der Waals surface area contributed by atoms with Crippen LogP contribution in [0, 0.1) is 0 Å². The van der Waals surface area contributed by atoms with Crippen LogP contribution in [0.1, 0.15) is 25.7 Å². The molecule has 1 spiro atoms. The fourth-order valence-corrected chi connectivity index (χ4v) is 2.55. The highest BCUT2D eigenvalue weighted by atomic mass is 16.4. The molecule has 0 bridgehead atoms. The SMILES string of the molecule is NC1CCC2(CC1)CN(CC(=O)O)C(=O)N2. The monoisotopic (exact) mass is 227 g/mol. The second-order valence-corrected chi connectivity index (χ2v) is 4.80. The van der Waals surface area contributed by atoms with Gasteiger partial charge in [-0.15, -0.1) is 0 Å². The molecule has 0 aromatic carbocycles. The summed E-state index contributed by atoms with van der Waals surface area (Å²) < 4.78 is 0. The summed E-state index contributed by atoms with van der Waals surface area (Å²) >= 11 is 0. The van der Waals surface area contributed by atoms with Crippen molar-refractivity contribution in [2.45, 2.75) is 37.3 Å². The highest BCUT2D eigenvalue weighted by Gasteiger charge is 2.44. The minimum Gasteiger partial charge on any atom is -0.480 e. The zero-order valence-corrected chi connectivity index (χ0v) is 9.11. The molecule has 0 aromatic rings. The van der Waals surface area contributed by atoms with Crippen LogP contribution in [0.3, 0.4) is 0 Å². The number of carboxylic acid groups (broad SMARTS) is 1. The van der Waals surface area contributed by atoms with Crippen LogP contribution in [-0.4, -0.2) is 46.7 Å². The van der Waals surface area contributed by atoms with Gasteiger partial charge in [0.2, 0.25) is 0 Å². The Balaban J connectivity index is 1.99. The van der Waals surface area contributed by atoms with Crippen molar-refractivity contribution in [3.8, 4) is 0 Å². The third kappa shape index (κ3) is 2.11. The molecule has 4 N–H and O–H groups in total. The predicted octanol–water partition coefficient (Wildman–Crippen LogP) is -0.264. The van der Waals surface area contributed by atoms with Crippen LogP contribution in [0.5, 0.6) is 0 Å². The van der Waals surface area contributed by atoms with E-state index in [9.17, 15) is 9.59 Å². The zero-order valence-electron chi connectivity index (χ0n) is 9.11. The smallest absolute Gasteiger partial charge is 0.323 e. The normalized spacial score (nSPS) is 34.2. The van der Waals surface area contributed by atoms with Gasteiger partial charge in [-0.05, 0) is 25.7 Å². The van der Waals surface area contributed by atoms with E-state index in [1.54, 1.807) is 0 Å². The molecule has 2 fully saturated rings. The van der Waals surface area contributed by atoms with Crippen LogP contribution in [-0.2, 0) is 4.79 Å². The highest BCUT2D eigenvalue weighted by Crippen LogP contribution is 2.31. The van der Waals surface area contributed by atoms with Crippen molar-refractivity contribution >= 4 is 12.0 Å². The zero-order chi connectivity index (χ0) is 11.8. The Morgan fingerprint density at radius 1 is 1.56 bits per heavy atom. The van der Waals surface area contributed by atoms with E-state index < -0.39 is 5.97 Å². The van der Waals surface area contributed by atoms with Crippen LogP contribution in [0.4, 0.5) is 4.79 Å². The molecule has 2 aliphatic rings. The quantitative estimate of drug-likeness (QED) is 0.605. The van der Waals surface area contributed by atoms with Crippen molar-refractivity contribution in [3.05, 3.63) is 0 Å². The summed E-state index contributed by atoms with van der Waals surface area (Å²) in [5.41, 5.74) is 5.58. The predicted molar refractivity (Wildman–Crippen MR) is 56.9 cm³/mol. The lowest BCUT2D eigenvalue weighted by molar-refractivity contribution is -0.137. The van der Waals surface area contributed by atoms with Gasteiger partial charge >= 0.3 is 12.0 Å². The first-order valence-electron chi connectivity index (χ1n) is 5.55. The first kappa shape index (κ1) is 11.2. The fourth-order valence-electron chi connectivity index (χ4n) is 2.55. The molecule has 1 heterocycles. The van der Waals surface area contributed by atoms with Crippen LogP contribution >= 0.6 is 0 Å². The molecule has 0 radical (unpaired) electrons. The molecule has 1 aliphatic heterocycles. The fraction of sp³-hybridized carbons (Fsp3) is 0.800. The number of carbonyl (C=O) groups excluding carboxylic acids is 1. The number of hydrogen-bond acceptors (Lipinski definition) is 3. The third-order valence-corrected chi connectivity index (χ3v) is 3.47. The molecular formula is C10H17N3O3. The molecule has 1 saturated heterocycles. The number of carbonyl (C=O) groups is 2. The number of nitrogens with one attached hydrogen (secondary N) is 1. The van der Waals surface area contributed by atoms with Crippen molar-refractivity contribution < 1.29 is 14.7 Å². The van der Waals surface area contributed by atoms with E-state index in [0.717, 1.165) is 25.7 Å². The van der Waals surface area contributed by atoms with Crippen molar-refractivity contribution in [3.63, 3.8) is 0 Å². The molecule has 6 heteroatoms. The average molecular weight is 227 g/mol. The minimum atomic E-state index is -0.972. The number of hydrogen-bond donors (Lipinski definition) is 3. The lowest BCUT2D eigenvalue weighted by Gasteiger charge is -2.35. The van der Waals surface area contributed by atoms with E-state index in [-0.39, 0.29) is 24.2 Å². The molecule has 2 rings (SSSR count). The lowest BCUT2D eigenvalue weighted by Crippen LogP contribution is -2.48. The van der Waals surface area contributed by atoms with Crippen molar-refractivity contribution in [2.24, 2.45) is 5.73 Å². The van der Waals surface area contributed by atoms with Gasteiger partial charge in [-0.1, -0.05) is 0 Å². The largest absolute Gasteiger partial charge is 0.480 e. The Kier molecular flexibility index (Phi) is 2.75. The van der Waals surface area contributed by atoms with Gasteiger partial charge in [0.25, 0.3) is 0 Å². The Morgan fingerprint density at radius 3 is 2.75 bits per heavy atom. The molecule has 1 saturated carbocycles. The second-order valence-electron chi connectivity index (χ2n) is 4.80. The summed E-state index contributed by atoms with van der Waals surface area (Å²) in [6.07, 6.45) is 3.47. The molecule has 1 aliphatic carbocycles. The van der Waals surface area contributed by atoms with Gasteiger partial charge in [-0.3, -0.25) is 4.79 Å². The number of rotatable bonds is 2. The summed E-state index contributed by atoms with van der Waals surface area (Å²) in [4.78, 5) is 23.5. The van der Waals surface area contributed by atoms with E-state index in [0.29, 0.717) is 6.54 Å². The van der Waals surface area contributed by atoms with Gasteiger partial charge in [0.15, 0.2) is 0 Å². The van der Waals surface area contributed by atoms with Crippen molar-refractivity contribution in [1.29, 1.82) is 0 Å². The number of amides is 2. The van der Waals surface area contributed by atoms with Gasteiger partial charge in [0, 0.05) is 12.6 Å². The van der Waals surface area contributed by atoms with E-state index in [1.165, 1.54) is 4.90 Å².